The largest absolute Gasteiger partial charge is 0.465 e. The lowest BCUT2D eigenvalue weighted by atomic mass is 9.98. The van der Waals surface area contributed by atoms with E-state index >= 15 is 0 Å². The van der Waals surface area contributed by atoms with Gasteiger partial charge in [0.05, 0.1) is 25.4 Å². The van der Waals surface area contributed by atoms with Gasteiger partial charge in [-0.05, 0) is 42.0 Å². The summed E-state index contributed by atoms with van der Waals surface area (Å²) in [7, 11) is 0. The summed E-state index contributed by atoms with van der Waals surface area (Å²) in [5, 5.41) is 7.50. The molecule has 3 aromatic carbocycles. The van der Waals surface area contributed by atoms with Gasteiger partial charge in [0, 0.05) is 11.1 Å². The molecule has 2 unspecified atom stereocenters. The van der Waals surface area contributed by atoms with Gasteiger partial charge < -0.3 is 25.4 Å². The molecule has 0 fully saturated rings. The van der Waals surface area contributed by atoms with Crippen molar-refractivity contribution < 1.29 is 38.2 Å². The smallest absolute Gasteiger partial charge is 0.325 e. The van der Waals surface area contributed by atoms with E-state index in [1.54, 1.807) is 31.2 Å². The first-order valence-electron chi connectivity index (χ1n) is 17.1. The van der Waals surface area contributed by atoms with Crippen molar-refractivity contribution in [3.05, 3.63) is 95.1 Å². The third kappa shape index (κ3) is 11.2. The highest BCUT2D eigenvalue weighted by Gasteiger charge is 2.34. The van der Waals surface area contributed by atoms with Crippen LogP contribution in [0.15, 0.2) is 72.8 Å². The average molecular weight is 688 g/mol. The summed E-state index contributed by atoms with van der Waals surface area (Å²) in [5.41, 5.74) is 3.04. The van der Waals surface area contributed by atoms with Crippen molar-refractivity contribution in [3.8, 4) is 11.1 Å². The van der Waals surface area contributed by atoms with E-state index in [0.29, 0.717) is 11.1 Å². The Labute approximate surface area is 294 Å². The Balaban J connectivity index is 0.00000209. The molecule has 0 bridgehead atoms. The minimum absolute atomic E-state index is 0.0558. The van der Waals surface area contributed by atoms with Crippen LogP contribution in [-0.4, -0.2) is 67.1 Å². The number of ketones is 2. The second-order valence-electron chi connectivity index (χ2n) is 11.2. The van der Waals surface area contributed by atoms with Crippen LogP contribution in [0.3, 0.4) is 0 Å². The Hall–Kier alpha value is -5.16. The summed E-state index contributed by atoms with van der Waals surface area (Å²) in [4.78, 5) is 78.1. The number of esters is 1. The minimum atomic E-state index is -1.43. The fraction of sp³-hybridized carbons (Fsp3) is 0.385. The summed E-state index contributed by atoms with van der Waals surface area (Å²) in [6.45, 7) is 12.7. The number of nitrogens with one attached hydrogen (secondary N) is 3. The topological polar surface area (TPSA) is 157 Å². The molecule has 3 aromatic rings. The average Bonchev–Trinajstić information content (AvgIpc) is 3.43. The van der Waals surface area contributed by atoms with Crippen LogP contribution in [0.1, 0.15) is 86.7 Å². The van der Waals surface area contributed by atoms with Crippen molar-refractivity contribution in [2.45, 2.75) is 73.6 Å². The van der Waals surface area contributed by atoms with Gasteiger partial charge in [-0.1, -0.05) is 108 Å². The van der Waals surface area contributed by atoms with Gasteiger partial charge in [0.2, 0.25) is 11.7 Å². The van der Waals surface area contributed by atoms with Crippen molar-refractivity contribution in [2.24, 2.45) is 5.92 Å². The number of carbonyl (C=O) groups excluding carboxylic acids is 6. The maximum Gasteiger partial charge on any atom is 0.325 e. The zero-order valence-electron chi connectivity index (χ0n) is 30.0. The van der Waals surface area contributed by atoms with Gasteiger partial charge in [0.1, 0.15) is 18.6 Å². The summed E-state index contributed by atoms with van der Waals surface area (Å²) in [5.74, 6) is -4.55. The molecular formula is C39H49N3O8. The number of Topliss-reactive ketones (excluding diaryl/α,β-unsaturated/α-hetero) is 1. The third-order valence-electron chi connectivity index (χ3n) is 7.28. The summed E-state index contributed by atoms with van der Waals surface area (Å²) < 4.78 is 10.5. The van der Waals surface area contributed by atoms with Gasteiger partial charge in [-0.25, -0.2) is 0 Å². The molecule has 0 saturated carbocycles. The molecule has 0 radical (unpaired) electrons. The molecule has 2 atom stereocenters. The zero-order chi connectivity index (χ0) is 37.2. The van der Waals surface area contributed by atoms with Crippen molar-refractivity contribution in [1.82, 2.24) is 16.0 Å². The second-order valence-corrected chi connectivity index (χ2v) is 11.2. The lowest BCUT2D eigenvalue weighted by molar-refractivity contribution is -0.146. The number of ether oxygens (including phenoxy) is 2. The molecule has 1 aliphatic rings. The van der Waals surface area contributed by atoms with E-state index in [4.69, 9.17) is 9.47 Å². The highest BCUT2D eigenvalue weighted by Crippen LogP contribution is 2.38. The maximum absolute atomic E-state index is 13.6. The molecule has 0 aromatic heterocycles. The number of benzene rings is 3. The molecule has 3 N–H and O–H groups in total. The maximum atomic E-state index is 13.6. The van der Waals surface area contributed by atoms with E-state index in [1.165, 1.54) is 6.07 Å². The summed E-state index contributed by atoms with van der Waals surface area (Å²) in [6, 6.07) is 18.6. The minimum Gasteiger partial charge on any atom is -0.465 e. The number of carbonyl (C=O) groups is 6. The molecule has 4 rings (SSSR count). The molecule has 3 amide bonds. The SMILES string of the molecule is CC.CC.CCOC(=O)CNC(=O)C(=O)C(COCc1ccccc1)NC(=O)C(CC(C)C)NC(=O)c1cccc2c1C(=O)c1ccccc1-2. The lowest BCUT2D eigenvalue weighted by Crippen LogP contribution is -2.56. The van der Waals surface area contributed by atoms with Gasteiger partial charge in [0.25, 0.3) is 11.8 Å². The molecule has 0 saturated heterocycles. The van der Waals surface area contributed by atoms with Crippen molar-refractivity contribution in [1.29, 1.82) is 0 Å². The van der Waals surface area contributed by atoms with Gasteiger partial charge in [-0.15, -0.1) is 0 Å². The van der Waals surface area contributed by atoms with Crippen LogP contribution in [-0.2, 0) is 35.3 Å². The monoisotopic (exact) mass is 687 g/mol. The predicted octanol–water partition coefficient (Wildman–Crippen LogP) is 5.04. The van der Waals surface area contributed by atoms with E-state index in [-0.39, 0.29) is 49.1 Å². The van der Waals surface area contributed by atoms with Crippen LogP contribution in [0.5, 0.6) is 0 Å². The number of hydrogen-bond acceptors (Lipinski definition) is 8. The normalized spacial score (nSPS) is 12.0. The Kier molecular flexibility index (Phi) is 17.3. The highest BCUT2D eigenvalue weighted by atomic mass is 16.5. The standard InChI is InChI=1S/C35H37N3O8.2C2H6/c1-4-46-29(39)18-36-35(44)32(41)28(20-45-19-22-11-6-5-7-12-22)38-34(43)27(17-21(2)3)37-33(42)26-16-10-15-24-23-13-8-9-14-25(23)31(40)30(24)26;2*1-2/h5-16,21,27-28H,4,17-20H2,1-3H3,(H,36,44)(H,37,42)(H,38,43);2*1-2H3. The van der Waals surface area contributed by atoms with Crippen LogP contribution >= 0.6 is 0 Å². The van der Waals surface area contributed by atoms with Crippen LogP contribution in [0.2, 0.25) is 0 Å². The summed E-state index contributed by atoms with van der Waals surface area (Å²) >= 11 is 0. The Morgan fingerprint density at radius 1 is 0.740 bits per heavy atom. The third-order valence-corrected chi connectivity index (χ3v) is 7.28. The number of rotatable bonds is 15. The molecule has 1 aliphatic carbocycles. The van der Waals surface area contributed by atoms with E-state index in [9.17, 15) is 28.8 Å². The van der Waals surface area contributed by atoms with Crippen LogP contribution in [0.25, 0.3) is 11.1 Å². The van der Waals surface area contributed by atoms with Crippen molar-refractivity contribution in [2.75, 3.05) is 19.8 Å². The van der Waals surface area contributed by atoms with E-state index in [0.717, 1.165) is 11.1 Å². The molecule has 268 valence electrons. The van der Waals surface area contributed by atoms with Crippen LogP contribution < -0.4 is 16.0 Å². The molecule has 0 spiro atoms. The van der Waals surface area contributed by atoms with E-state index in [1.807, 2.05) is 84.0 Å². The second kappa shape index (κ2) is 21.0. The summed E-state index contributed by atoms with van der Waals surface area (Å²) in [6.07, 6.45) is 0.196. The van der Waals surface area contributed by atoms with Gasteiger partial charge in [-0.3, -0.25) is 28.8 Å². The lowest BCUT2D eigenvalue weighted by Gasteiger charge is -2.24. The molecule has 50 heavy (non-hydrogen) atoms. The first-order valence-corrected chi connectivity index (χ1v) is 17.1. The fourth-order valence-corrected chi connectivity index (χ4v) is 5.13. The number of amides is 3. The molecule has 0 heterocycles. The van der Waals surface area contributed by atoms with Gasteiger partial charge in [0.15, 0.2) is 5.78 Å². The van der Waals surface area contributed by atoms with E-state index in [2.05, 4.69) is 16.0 Å². The molecule has 11 heteroatoms. The predicted molar refractivity (Wildman–Crippen MR) is 191 cm³/mol. The Bertz CT molecular complexity index is 1620. The molecule has 0 aliphatic heterocycles. The number of hydrogen-bond donors (Lipinski definition) is 3. The van der Waals surface area contributed by atoms with Gasteiger partial charge >= 0.3 is 5.97 Å². The van der Waals surface area contributed by atoms with Crippen molar-refractivity contribution in [3.63, 3.8) is 0 Å². The van der Waals surface area contributed by atoms with Crippen LogP contribution in [0.4, 0.5) is 0 Å². The van der Waals surface area contributed by atoms with Crippen molar-refractivity contribution >= 4 is 35.3 Å². The molecule has 11 nitrogen and oxygen atoms in total. The Morgan fingerprint density at radius 2 is 1.36 bits per heavy atom. The molecular weight excluding hydrogens is 638 g/mol. The first-order chi connectivity index (χ1) is 24.1. The fourth-order valence-electron chi connectivity index (χ4n) is 5.13. The highest BCUT2D eigenvalue weighted by molar-refractivity contribution is 6.38. The van der Waals surface area contributed by atoms with Crippen LogP contribution in [0, 0.1) is 5.92 Å². The first kappa shape index (κ1) is 41.0. The quantitative estimate of drug-likeness (QED) is 0.116. The Morgan fingerprint density at radius 3 is 2.00 bits per heavy atom. The van der Waals surface area contributed by atoms with Gasteiger partial charge in [-0.2, -0.15) is 0 Å². The zero-order valence-corrected chi connectivity index (χ0v) is 30.0. The van der Waals surface area contributed by atoms with E-state index < -0.39 is 48.1 Å². The number of fused-ring (bicyclic) bond motifs is 3.